The van der Waals surface area contributed by atoms with E-state index >= 15 is 0 Å². The molecular weight excluding hydrogens is 328 g/mol. The maximum atomic E-state index is 13.6. The van der Waals surface area contributed by atoms with E-state index in [0.717, 1.165) is 11.9 Å². The van der Waals surface area contributed by atoms with Crippen LogP contribution in [0.1, 0.15) is 12.0 Å². The second kappa shape index (κ2) is 7.46. The standard InChI is InChI=1S/C18H19F2N3O2/c19-14-3-1-13(16(20)11-14)2-6-18(25)23-9-7-22(8-10-23)17-5-4-15(24)12-21-17/h1,3-5,11-12,24H,2,6-10H2. The lowest BCUT2D eigenvalue weighted by Gasteiger charge is -2.35. The van der Waals surface area contributed by atoms with Gasteiger partial charge >= 0.3 is 0 Å². The second-order valence-corrected chi connectivity index (χ2v) is 5.98. The van der Waals surface area contributed by atoms with Crippen molar-refractivity contribution in [3.05, 3.63) is 53.7 Å². The summed E-state index contributed by atoms with van der Waals surface area (Å²) in [7, 11) is 0. The lowest BCUT2D eigenvalue weighted by Crippen LogP contribution is -2.49. The average molecular weight is 347 g/mol. The van der Waals surface area contributed by atoms with Crippen LogP contribution in [-0.2, 0) is 11.2 Å². The largest absolute Gasteiger partial charge is 0.506 e. The van der Waals surface area contributed by atoms with E-state index in [-0.39, 0.29) is 24.5 Å². The fourth-order valence-electron chi connectivity index (χ4n) is 2.87. The zero-order valence-corrected chi connectivity index (χ0v) is 13.7. The lowest BCUT2D eigenvalue weighted by atomic mass is 10.1. The fraction of sp³-hybridized carbons (Fsp3) is 0.333. The van der Waals surface area contributed by atoms with Crippen LogP contribution in [0.5, 0.6) is 5.75 Å². The first-order valence-electron chi connectivity index (χ1n) is 8.14. The van der Waals surface area contributed by atoms with Crippen LogP contribution in [0.2, 0.25) is 0 Å². The summed E-state index contributed by atoms with van der Waals surface area (Å²) in [6.07, 6.45) is 1.84. The number of piperazine rings is 1. The predicted molar refractivity (Wildman–Crippen MR) is 89.4 cm³/mol. The molecule has 5 nitrogen and oxygen atoms in total. The summed E-state index contributed by atoms with van der Waals surface area (Å²) in [6.45, 7) is 2.42. The normalized spacial score (nSPS) is 14.6. The van der Waals surface area contributed by atoms with E-state index in [2.05, 4.69) is 4.98 Å². The number of aryl methyl sites for hydroxylation is 1. The third-order valence-corrected chi connectivity index (χ3v) is 4.31. The Morgan fingerprint density at radius 1 is 1.12 bits per heavy atom. The van der Waals surface area contributed by atoms with E-state index in [4.69, 9.17) is 0 Å². The van der Waals surface area contributed by atoms with Gasteiger partial charge < -0.3 is 14.9 Å². The first-order chi connectivity index (χ1) is 12.0. The molecule has 25 heavy (non-hydrogen) atoms. The van der Waals surface area contributed by atoms with Gasteiger partial charge in [0.15, 0.2) is 0 Å². The molecule has 0 atom stereocenters. The van der Waals surface area contributed by atoms with Crippen molar-refractivity contribution in [1.29, 1.82) is 0 Å². The van der Waals surface area contributed by atoms with Crippen molar-refractivity contribution in [2.75, 3.05) is 31.1 Å². The molecule has 1 aromatic heterocycles. The van der Waals surface area contributed by atoms with Gasteiger partial charge in [-0.3, -0.25) is 4.79 Å². The summed E-state index contributed by atoms with van der Waals surface area (Å²) in [6, 6.07) is 6.74. The molecular formula is C18H19F2N3O2. The molecule has 0 unspecified atom stereocenters. The van der Waals surface area contributed by atoms with E-state index in [1.54, 1.807) is 17.0 Å². The molecule has 1 aromatic carbocycles. The number of anilines is 1. The first kappa shape index (κ1) is 17.1. The monoisotopic (exact) mass is 347 g/mol. The van der Waals surface area contributed by atoms with Crippen molar-refractivity contribution in [1.82, 2.24) is 9.88 Å². The molecule has 2 heterocycles. The minimum absolute atomic E-state index is 0.0398. The summed E-state index contributed by atoms with van der Waals surface area (Å²) in [5.41, 5.74) is 0.349. The minimum Gasteiger partial charge on any atom is -0.506 e. The number of halogens is 2. The number of hydrogen-bond acceptors (Lipinski definition) is 4. The third-order valence-electron chi connectivity index (χ3n) is 4.31. The third kappa shape index (κ3) is 4.23. The SMILES string of the molecule is O=C(CCc1ccc(F)cc1F)N1CCN(c2ccc(O)cn2)CC1. The van der Waals surface area contributed by atoms with Gasteiger partial charge in [0, 0.05) is 38.7 Å². The Morgan fingerprint density at radius 3 is 2.52 bits per heavy atom. The molecule has 0 aliphatic carbocycles. The highest BCUT2D eigenvalue weighted by atomic mass is 19.1. The topological polar surface area (TPSA) is 56.7 Å². The number of aromatic hydroxyl groups is 1. The molecule has 1 aliphatic heterocycles. The number of aromatic nitrogens is 1. The molecule has 132 valence electrons. The van der Waals surface area contributed by atoms with Crippen molar-refractivity contribution < 1.29 is 18.7 Å². The fourth-order valence-corrected chi connectivity index (χ4v) is 2.87. The Morgan fingerprint density at radius 2 is 1.88 bits per heavy atom. The maximum absolute atomic E-state index is 13.6. The molecule has 1 saturated heterocycles. The molecule has 1 fully saturated rings. The quantitative estimate of drug-likeness (QED) is 0.922. The molecule has 1 amide bonds. The molecule has 2 aromatic rings. The number of nitrogens with zero attached hydrogens (tertiary/aromatic N) is 3. The molecule has 7 heteroatoms. The summed E-state index contributed by atoms with van der Waals surface area (Å²) in [5.74, 6) is -0.395. The van der Waals surface area contributed by atoms with Crippen LogP contribution < -0.4 is 4.90 Å². The highest BCUT2D eigenvalue weighted by molar-refractivity contribution is 5.76. The van der Waals surface area contributed by atoms with Gasteiger partial charge in [-0.15, -0.1) is 0 Å². The number of pyridine rings is 1. The van der Waals surface area contributed by atoms with Crippen LogP contribution in [0, 0.1) is 11.6 Å². The average Bonchev–Trinajstić information content (AvgIpc) is 2.61. The van der Waals surface area contributed by atoms with Gasteiger partial charge in [0.05, 0.1) is 6.20 Å². The molecule has 0 spiro atoms. The van der Waals surface area contributed by atoms with E-state index in [1.807, 2.05) is 4.90 Å². The van der Waals surface area contributed by atoms with Crippen molar-refractivity contribution in [2.24, 2.45) is 0 Å². The van der Waals surface area contributed by atoms with Gasteiger partial charge in [-0.2, -0.15) is 0 Å². The number of carbonyl (C=O) groups is 1. The van der Waals surface area contributed by atoms with Crippen molar-refractivity contribution in [2.45, 2.75) is 12.8 Å². The van der Waals surface area contributed by atoms with E-state index in [1.165, 1.54) is 18.3 Å². The van der Waals surface area contributed by atoms with Gasteiger partial charge in [0.25, 0.3) is 0 Å². The van der Waals surface area contributed by atoms with Crippen molar-refractivity contribution in [3.63, 3.8) is 0 Å². The molecule has 0 bridgehead atoms. The number of amides is 1. The summed E-state index contributed by atoms with van der Waals surface area (Å²) >= 11 is 0. The highest BCUT2D eigenvalue weighted by Gasteiger charge is 2.22. The van der Waals surface area contributed by atoms with Crippen molar-refractivity contribution in [3.8, 4) is 5.75 Å². The first-order valence-corrected chi connectivity index (χ1v) is 8.14. The minimum atomic E-state index is -0.619. The second-order valence-electron chi connectivity index (χ2n) is 5.98. The van der Waals surface area contributed by atoms with Gasteiger partial charge in [0.2, 0.25) is 5.91 Å². The van der Waals surface area contributed by atoms with Crippen LogP contribution in [0.15, 0.2) is 36.5 Å². The molecule has 3 rings (SSSR count). The van der Waals surface area contributed by atoms with Gasteiger partial charge in [-0.25, -0.2) is 13.8 Å². The number of carbonyl (C=O) groups excluding carboxylic acids is 1. The zero-order chi connectivity index (χ0) is 17.8. The zero-order valence-electron chi connectivity index (χ0n) is 13.7. The lowest BCUT2D eigenvalue weighted by molar-refractivity contribution is -0.131. The van der Waals surface area contributed by atoms with Crippen LogP contribution in [0.3, 0.4) is 0 Å². The van der Waals surface area contributed by atoms with Crippen molar-refractivity contribution >= 4 is 11.7 Å². The van der Waals surface area contributed by atoms with E-state index in [0.29, 0.717) is 31.7 Å². The summed E-state index contributed by atoms with van der Waals surface area (Å²) < 4.78 is 26.5. The smallest absolute Gasteiger partial charge is 0.223 e. The molecule has 0 radical (unpaired) electrons. The van der Waals surface area contributed by atoms with Gasteiger partial charge in [-0.1, -0.05) is 6.07 Å². The number of hydrogen-bond donors (Lipinski definition) is 1. The Balaban J connectivity index is 1.50. The highest BCUT2D eigenvalue weighted by Crippen LogP contribution is 2.17. The van der Waals surface area contributed by atoms with Crippen LogP contribution in [0.25, 0.3) is 0 Å². The van der Waals surface area contributed by atoms with Gasteiger partial charge in [-0.05, 0) is 30.2 Å². The molecule has 1 N–H and O–H groups in total. The van der Waals surface area contributed by atoms with Crippen LogP contribution in [-0.4, -0.2) is 47.1 Å². The maximum Gasteiger partial charge on any atom is 0.223 e. The molecule has 0 saturated carbocycles. The Bertz CT molecular complexity index is 744. The van der Waals surface area contributed by atoms with E-state index in [9.17, 15) is 18.7 Å². The Kier molecular flexibility index (Phi) is 5.11. The van der Waals surface area contributed by atoms with Crippen LogP contribution >= 0.6 is 0 Å². The number of rotatable bonds is 4. The van der Waals surface area contributed by atoms with E-state index < -0.39 is 11.6 Å². The summed E-state index contributed by atoms with van der Waals surface area (Å²) in [4.78, 5) is 20.3. The predicted octanol–water partition coefficient (Wildman–Crippen LogP) is 2.35. The number of benzene rings is 1. The Labute approximate surface area is 144 Å². The Hall–Kier alpha value is -2.70. The van der Waals surface area contributed by atoms with Gasteiger partial charge in [0.1, 0.15) is 23.2 Å². The van der Waals surface area contributed by atoms with Crippen LogP contribution in [0.4, 0.5) is 14.6 Å². The summed E-state index contributed by atoms with van der Waals surface area (Å²) in [5, 5.41) is 9.28. The molecule has 1 aliphatic rings.